The summed E-state index contributed by atoms with van der Waals surface area (Å²) in [6.07, 6.45) is 0.298. The van der Waals surface area contributed by atoms with Gasteiger partial charge in [-0.2, -0.15) is 22.0 Å². The highest BCUT2D eigenvalue weighted by Gasteiger charge is 2.22. The lowest BCUT2D eigenvalue weighted by molar-refractivity contribution is -0.116. The van der Waals surface area contributed by atoms with Gasteiger partial charge < -0.3 is 5.32 Å². The van der Waals surface area contributed by atoms with Crippen molar-refractivity contribution in [3.63, 3.8) is 0 Å². The average Bonchev–Trinajstić information content (AvgIpc) is 3.13. The quantitative estimate of drug-likeness (QED) is 0.839. The van der Waals surface area contributed by atoms with Crippen LogP contribution in [0.3, 0.4) is 0 Å². The summed E-state index contributed by atoms with van der Waals surface area (Å²) in [7, 11) is 1.85. The van der Waals surface area contributed by atoms with Crippen molar-refractivity contribution in [2.75, 3.05) is 5.32 Å². The number of aromatic nitrogens is 4. The van der Waals surface area contributed by atoms with Crippen LogP contribution in [-0.4, -0.2) is 31.3 Å². The Morgan fingerprint density at radius 1 is 1.25 bits per heavy atom. The number of Topliss-reactive ketones (excluding diaryl/α,β-unsaturated/α-hetero) is 1. The number of nitrogens with zero attached hydrogens (tertiary/aromatic N) is 4. The van der Waals surface area contributed by atoms with E-state index in [1.165, 1.54) is 6.92 Å². The van der Waals surface area contributed by atoms with Crippen molar-refractivity contribution < 1.29 is 9.59 Å². The van der Waals surface area contributed by atoms with E-state index >= 15 is 0 Å². The lowest BCUT2D eigenvalue weighted by Gasteiger charge is -2.08. The van der Waals surface area contributed by atoms with Crippen molar-refractivity contribution >= 4 is 29.3 Å². The summed E-state index contributed by atoms with van der Waals surface area (Å²) in [5, 5.41) is 11.8. The molecule has 7 nitrogen and oxygen atoms in total. The lowest BCUT2D eigenvalue weighted by atomic mass is 10.1. The van der Waals surface area contributed by atoms with Crippen LogP contribution in [-0.2, 0) is 29.9 Å². The number of thioether (sulfide) groups is 1. The predicted octanol–water partition coefficient (Wildman–Crippen LogP) is 2.21. The van der Waals surface area contributed by atoms with E-state index in [0.717, 1.165) is 34.3 Å². The average molecular weight is 347 g/mol. The summed E-state index contributed by atoms with van der Waals surface area (Å²) >= 11 is 1.81. The van der Waals surface area contributed by atoms with Crippen molar-refractivity contribution in [2.24, 2.45) is 7.05 Å². The number of nitrogens with one attached hydrogen (secondary N) is 1. The van der Waals surface area contributed by atoms with Crippen LogP contribution in [0.15, 0.2) is 0 Å². The lowest BCUT2D eigenvalue weighted by Crippen LogP contribution is -2.18. The number of hydrogen-bond donors (Lipinski definition) is 1. The monoisotopic (exact) mass is 347 g/mol. The van der Waals surface area contributed by atoms with Crippen LogP contribution >= 0.6 is 11.8 Å². The summed E-state index contributed by atoms with van der Waals surface area (Å²) in [6, 6.07) is 0. The minimum Gasteiger partial charge on any atom is -0.311 e. The third kappa shape index (κ3) is 2.98. The Morgan fingerprint density at radius 2 is 2.00 bits per heavy atom. The largest absolute Gasteiger partial charge is 0.311 e. The Morgan fingerprint density at radius 3 is 2.67 bits per heavy atom. The minimum atomic E-state index is -0.0744. The number of carbonyl (C=O) groups excluding carboxylic acids is 2. The van der Waals surface area contributed by atoms with Crippen LogP contribution in [0.5, 0.6) is 0 Å². The highest BCUT2D eigenvalue weighted by Crippen LogP contribution is 2.34. The van der Waals surface area contributed by atoms with E-state index in [1.807, 2.05) is 20.9 Å². The molecule has 0 fully saturated rings. The zero-order valence-corrected chi connectivity index (χ0v) is 15.2. The Bertz CT molecular complexity index is 821. The number of rotatable bonds is 5. The molecule has 2 aromatic rings. The van der Waals surface area contributed by atoms with Gasteiger partial charge in [0.15, 0.2) is 5.78 Å². The molecule has 0 saturated carbocycles. The topological polar surface area (TPSA) is 81.8 Å². The molecule has 3 heterocycles. The highest BCUT2D eigenvalue weighted by atomic mass is 32.2. The van der Waals surface area contributed by atoms with E-state index in [4.69, 9.17) is 0 Å². The van der Waals surface area contributed by atoms with Gasteiger partial charge in [-0.05, 0) is 20.8 Å². The van der Waals surface area contributed by atoms with Crippen molar-refractivity contribution in [1.82, 2.24) is 19.6 Å². The van der Waals surface area contributed by atoms with Gasteiger partial charge in [-0.25, -0.2) is 0 Å². The van der Waals surface area contributed by atoms with Crippen molar-refractivity contribution in [3.05, 3.63) is 28.2 Å². The first-order valence-corrected chi connectivity index (χ1v) is 9.01. The number of carbonyl (C=O) groups is 2. The fourth-order valence-corrected chi connectivity index (χ4v) is 4.16. The molecule has 128 valence electrons. The van der Waals surface area contributed by atoms with Gasteiger partial charge in [0.05, 0.1) is 17.0 Å². The van der Waals surface area contributed by atoms with Crippen LogP contribution < -0.4 is 5.32 Å². The molecule has 0 atom stereocenters. The molecule has 1 N–H and O–H groups in total. The number of fused-ring (bicyclic) bond motifs is 1. The van der Waals surface area contributed by atoms with Gasteiger partial charge in [0.1, 0.15) is 5.82 Å². The molecule has 0 saturated heterocycles. The van der Waals surface area contributed by atoms with Gasteiger partial charge >= 0.3 is 0 Å². The van der Waals surface area contributed by atoms with Gasteiger partial charge in [0, 0.05) is 42.8 Å². The SMILES string of the molecule is CC(=O)c1c(C)nn(CCC(=O)Nc2c3c(nn2C)CSC3)c1C. The molecule has 2 aromatic heterocycles. The third-order valence-corrected chi connectivity index (χ3v) is 5.23. The third-order valence-electron chi connectivity index (χ3n) is 4.26. The molecule has 8 heteroatoms. The molecule has 0 aromatic carbocycles. The Labute approximate surface area is 144 Å². The van der Waals surface area contributed by atoms with Crippen LogP contribution in [0, 0.1) is 13.8 Å². The van der Waals surface area contributed by atoms with Crippen LogP contribution in [0.1, 0.15) is 46.3 Å². The Balaban J connectivity index is 1.67. The van der Waals surface area contributed by atoms with E-state index in [9.17, 15) is 9.59 Å². The second-order valence-electron chi connectivity index (χ2n) is 6.01. The van der Waals surface area contributed by atoms with Crippen LogP contribution in [0.2, 0.25) is 0 Å². The molecule has 1 aliphatic rings. The maximum Gasteiger partial charge on any atom is 0.227 e. The second kappa shape index (κ2) is 6.43. The van der Waals surface area contributed by atoms with Gasteiger partial charge in [0.25, 0.3) is 0 Å². The van der Waals surface area contributed by atoms with E-state index in [1.54, 1.807) is 21.1 Å². The number of aryl methyl sites for hydroxylation is 3. The van der Waals surface area contributed by atoms with Gasteiger partial charge in [-0.15, -0.1) is 0 Å². The van der Waals surface area contributed by atoms with Gasteiger partial charge in [0.2, 0.25) is 5.91 Å². The van der Waals surface area contributed by atoms with Crippen molar-refractivity contribution in [1.29, 1.82) is 0 Å². The normalized spacial score (nSPS) is 13.2. The maximum absolute atomic E-state index is 12.3. The molecule has 3 rings (SSSR count). The van der Waals surface area contributed by atoms with Crippen LogP contribution in [0.25, 0.3) is 0 Å². The first-order valence-electron chi connectivity index (χ1n) is 7.85. The fraction of sp³-hybridized carbons (Fsp3) is 0.500. The van der Waals surface area contributed by atoms with Gasteiger partial charge in [-0.1, -0.05) is 0 Å². The summed E-state index contributed by atoms with van der Waals surface area (Å²) < 4.78 is 3.47. The Kier molecular flexibility index (Phi) is 4.49. The zero-order chi connectivity index (χ0) is 17.4. The molecule has 1 amide bonds. The smallest absolute Gasteiger partial charge is 0.227 e. The van der Waals surface area contributed by atoms with Gasteiger partial charge in [-0.3, -0.25) is 19.0 Å². The second-order valence-corrected chi connectivity index (χ2v) is 7.00. The molecule has 1 aliphatic heterocycles. The molecule has 24 heavy (non-hydrogen) atoms. The molecule has 0 aliphatic carbocycles. The molecule has 0 spiro atoms. The summed E-state index contributed by atoms with van der Waals surface area (Å²) in [5.41, 5.74) is 4.35. The number of ketones is 1. The summed E-state index contributed by atoms with van der Waals surface area (Å²) in [6.45, 7) is 5.66. The highest BCUT2D eigenvalue weighted by molar-refractivity contribution is 7.98. The van der Waals surface area contributed by atoms with Crippen molar-refractivity contribution in [2.45, 2.75) is 45.2 Å². The molecule has 0 bridgehead atoms. The predicted molar refractivity (Wildman–Crippen MR) is 93.2 cm³/mol. The van der Waals surface area contributed by atoms with Crippen LogP contribution in [0.4, 0.5) is 5.82 Å². The Hall–Kier alpha value is -2.09. The van der Waals surface area contributed by atoms with E-state index in [-0.39, 0.29) is 11.7 Å². The number of anilines is 1. The van der Waals surface area contributed by atoms with Crippen molar-refractivity contribution in [3.8, 4) is 0 Å². The minimum absolute atomic E-state index is 0.00338. The summed E-state index contributed by atoms with van der Waals surface area (Å²) in [4.78, 5) is 24.0. The number of amides is 1. The first kappa shape index (κ1) is 16.8. The van der Waals surface area contributed by atoms with E-state index in [0.29, 0.717) is 24.2 Å². The van der Waals surface area contributed by atoms with E-state index in [2.05, 4.69) is 15.5 Å². The standard InChI is InChI=1S/C16H21N5O2S/c1-9-15(11(3)22)10(2)21(18-9)6-5-14(23)17-16-12-7-24-8-13(12)19-20(16)4/h5-8H2,1-4H3,(H,17,23). The van der Waals surface area contributed by atoms with E-state index < -0.39 is 0 Å². The molecule has 0 radical (unpaired) electrons. The first-order chi connectivity index (χ1) is 11.4. The molecular formula is C16H21N5O2S. The maximum atomic E-state index is 12.3. The fourth-order valence-electron chi connectivity index (χ4n) is 3.12. The zero-order valence-electron chi connectivity index (χ0n) is 14.3. The summed E-state index contributed by atoms with van der Waals surface area (Å²) in [5.74, 6) is 2.51. The number of hydrogen-bond acceptors (Lipinski definition) is 5. The molecular weight excluding hydrogens is 326 g/mol. The molecule has 0 unspecified atom stereocenters.